The summed E-state index contributed by atoms with van der Waals surface area (Å²) in [5, 5.41) is 13.6. The minimum Gasteiger partial charge on any atom is -0.343 e. The maximum atomic E-state index is 12.0. The van der Waals surface area contributed by atoms with Gasteiger partial charge >= 0.3 is 0 Å². The summed E-state index contributed by atoms with van der Waals surface area (Å²) in [6, 6.07) is 8.68. The third-order valence-corrected chi connectivity index (χ3v) is 3.34. The molecule has 0 saturated carbocycles. The summed E-state index contributed by atoms with van der Waals surface area (Å²) in [6.45, 7) is 1.65. The van der Waals surface area contributed by atoms with Gasteiger partial charge in [0.05, 0.1) is 12.0 Å². The average molecular weight is 300 g/mol. The standard InChI is InChI=1S/C15H16N4O3/c1-10(20)18-12-2-4-13(5-3-12)19-9-11(8-14(19)21)15(22)17-7-6-16/h2-5,11H,7-9H2,1H3,(H,17,22)(H,18,20). The van der Waals surface area contributed by atoms with E-state index in [9.17, 15) is 14.4 Å². The van der Waals surface area contributed by atoms with Gasteiger partial charge in [0, 0.05) is 31.3 Å². The first kappa shape index (κ1) is 15.5. The van der Waals surface area contributed by atoms with Gasteiger partial charge in [-0.1, -0.05) is 0 Å². The van der Waals surface area contributed by atoms with Crippen molar-refractivity contribution >= 4 is 29.1 Å². The highest BCUT2D eigenvalue weighted by molar-refractivity contribution is 6.00. The van der Waals surface area contributed by atoms with Gasteiger partial charge in [0.25, 0.3) is 0 Å². The van der Waals surface area contributed by atoms with Crippen LogP contribution < -0.4 is 15.5 Å². The van der Waals surface area contributed by atoms with Crippen LogP contribution in [-0.4, -0.2) is 30.8 Å². The Balaban J connectivity index is 2.03. The lowest BCUT2D eigenvalue weighted by atomic mass is 10.1. The molecule has 0 bridgehead atoms. The Kier molecular flexibility index (Phi) is 4.73. The van der Waals surface area contributed by atoms with Gasteiger partial charge in [-0.25, -0.2) is 0 Å². The molecule has 0 radical (unpaired) electrons. The summed E-state index contributed by atoms with van der Waals surface area (Å²) in [5.74, 6) is -1.04. The third kappa shape index (κ3) is 3.61. The van der Waals surface area contributed by atoms with Crippen LogP contribution in [0.3, 0.4) is 0 Å². The number of benzene rings is 1. The van der Waals surface area contributed by atoms with E-state index in [-0.39, 0.29) is 37.2 Å². The van der Waals surface area contributed by atoms with Crippen molar-refractivity contribution in [3.8, 4) is 6.07 Å². The fourth-order valence-electron chi connectivity index (χ4n) is 2.33. The van der Waals surface area contributed by atoms with Gasteiger partial charge in [0.15, 0.2) is 0 Å². The van der Waals surface area contributed by atoms with Gasteiger partial charge in [0.2, 0.25) is 17.7 Å². The van der Waals surface area contributed by atoms with E-state index in [2.05, 4.69) is 10.6 Å². The second-order valence-corrected chi connectivity index (χ2v) is 5.01. The predicted molar refractivity (Wildman–Crippen MR) is 79.8 cm³/mol. The van der Waals surface area contributed by atoms with E-state index in [0.29, 0.717) is 11.4 Å². The molecule has 1 aromatic carbocycles. The molecule has 0 aliphatic carbocycles. The van der Waals surface area contributed by atoms with Crippen molar-refractivity contribution in [1.29, 1.82) is 5.26 Å². The van der Waals surface area contributed by atoms with E-state index in [0.717, 1.165) is 0 Å². The Morgan fingerprint density at radius 1 is 1.36 bits per heavy atom. The van der Waals surface area contributed by atoms with E-state index in [4.69, 9.17) is 5.26 Å². The second-order valence-electron chi connectivity index (χ2n) is 5.01. The number of hydrogen-bond donors (Lipinski definition) is 2. The van der Waals surface area contributed by atoms with Crippen LogP contribution >= 0.6 is 0 Å². The molecule has 1 unspecified atom stereocenters. The van der Waals surface area contributed by atoms with Crippen LogP contribution in [0.25, 0.3) is 0 Å². The van der Waals surface area contributed by atoms with Gasteiger partial charge in [0.1, 0.15) is 6.54 Å². The molecule has 2 rings (SSSR count). The fourth-order valence-corrected chi connectivity index (χ4v) is 2.33. The molecule has 1 aromatic rings. The third-order valence-electron chi connectivity index (χ3n) is 3.34. The minimum atomic E-state index is -0.448. The number of nitriles is 1. The van der Waals surface area contributed by atoms with Crippen LogP contribution in [-0.2, 0) is 14.4 Å². The lowest BCUT2D eigenvalue weighted by Gasteiger charge is -2.17. The molecule has 1 saturated heterocycles. The number of rotatable bonds is 4. The highest BCUT2D eigenvalue weighted by Crippen LogP contribution is 2.26. The molecule has 1 heterocycles. The van der Waals surface area contributed by atoms with Crippen LogP contribution in [0.5, 0.6) is 0 Å². The predicted octanol–water partition coefficient (Wildman–Crippen LogP) is 0.638. The quantitative estimate of drug-likeness (QED) is 0.796. The number of carbonyl (C=O) groups is 3. The molecule has 114 valence electrons. The van der Waals surface area contributed by atoms with Crippen molar-refractivity contribution in [1.82, 2.24) is 5.32 Å². The highest BCUT2D eigenvalue weighted by atomic mass is 16.2. The van der Waals surface area contributed by atoms with Crippen molar-refractivity contribution < 1.29 is 14.4 Å². The van der Waals surface area contributed by atoms with E-state index >= 15 is 0 Å². The molecule has 1 atom stereocenters. The molecule has 1 fully saturated rings. The Labute approximate surface area is 127 Å². The van der Waals surface area contributed by atoms with Crippen LogP contribution in [0, 0.1) is 17.2 Å². The van der Waals surface area contributed by atoms with Gasteiger partial charge in [-0.2, -0.15) is 5.26 Å². The van der Waals surface area contributed by atoms with E-state index < -0.39 is 5.92 Å². The fraction of sp³-hybridized carbons (Fsp3) is 0.333. The molecule has 0 aromatic heterocycles. The first-order valence-electron chi connectivity index (χ1n) is 6.84. The summed E-state index contributed by atoms with van der Waals surface area (Å²) >= 11 is 0. The number of hydrogen-bond acceptors (Lipinski definition) is 4. The Morgan fingerprint density at radius 2 is 2.05 bits per heavy atom. The number of carbonyl (C=O) groups excluding carboxylic acids is 3. The Morgan fingerprint density at radius 3 is 2.64 bits per heavy atom. The number of anilines is 2. The molecule has 1 aliphatic rings. The minimum absolute atomic E-state index is 0.0606. The van der Waals surface area contributed by atoms with E-state index in [1.807, 2.05) is 6.07 Å². The van der Waals surface area contributed by atoms with Crippen molar-refractivity contribution in [3.05, 3.63) is 24.3 Å². The summed E-state index contributed by atoms with van der Waals surface area (Å²) in [7, 11) is 0. The lowest BCUT2D eigenvalue weighted by Crippen LogP contribution is -2.33. The smallest absolute Gasteiger partial charge is 0.227 e. The SMILES string of the molecule is CC(=O)Nc1ccc(N2CC(C(=O)NCC#N)CC2=O)cc1. The molecule has 22 heavy (non-hydrogen) atoms. The van der Waals surface area contributed by atoms with Crippen LogP contribution in [0.2, 0.25) is 0 Å². The maximum absolute atomic E-state index is 12.0. The number of nitrogens with one attached hydrogen (secondary N) is 2. The molecule has 3 amide bonds. The normalized spacial score (nSPS) is 17.0. The van der Waals surface area contributed by atoms with Crippen LogP contribution in [0.4, 0.5) is 11.4 Å². The summed E-state index contributed by atoms with van der Waals surface area (Å²) in [4.78, 5) is 36.4. The first-order valence-corrected chi connectivity index (χ1v) is 6.84. The first-order chi connectivity index (χ1) is 10.5. The summed E-state index contributed by atoms with van der Waals surface area (Å²) < 4.78 is 0. The van der Waals surface area contributed by atoms with Crippen LogP contribution in [0.15, 0.2) is 24.3 Å². The highest BCUT2D eigenvalue weighted by Gasteiger charge is 2.34. The molecule has 2 N–H and O–H groups in total. The largest absolute Gasteiger partial charge is 0.343 e. The molecular formula is C15H16N4O3. The Hall–Kier alpha value is -2.88. The zero-order valence-corrected chi connectivity index (χ0v) is 12.1. The van der Waals surface area contributed by atoms with Crippen molar-refractivity contribution in [2.45, 2.75) is 13.3 Å². The number of amides is 3. The van der Waals surface area contributed by atoms with E-state index in [1.54, 1.807) is 24.3 Å². The zero-order chi connectivity index (χ0) is 16.1. The molecular weight excluding hydrogens is 284 g/mol. The average Bonchev–Trinajstić information content (AvgIpc) is 2.87. The van der Waals surface area contributed by atoms with Crippen molar-refractivity contribution in [2.24, 2.45) is 5.92 Å². The molecule has 7 nitrogen and oxygen atoms in total. The van der Waals surface area contributed by atoms with Gasteiger partial charge in [-0.15, -0.1) is 0 Å². The zero-order valence-electron chi connectivity index (χ0n) is 12.1. The van der Waals surface area contributed by atoms with E-state index in [1.165, 1.54) is 11.8 Å². The molecule has 1 aliphatic heterocycles. The van der Waals surface area contributed by atoms with Gasteiger partial charge in [-0.05, 0) is 24.3 Å². The van der Waals surface area contributed by atoms with Gasteiger partial charge in [-0.3, -0.25) is 14.4 Å². The summed E-state index contributed by atoms with van der Waals surface area (Å²) in [6.07, 6.45) is 0.130. The maximum Gasteiger partial charge on any atom is 0.227 e. The monoisotopic (exact) mass is 300 g/mol. The van der Waals surface area contributed by atoms with Gasteiger partial charge < -0.3 is 15.5 Å². The number of nitrogens with zero attached hydrogens (tertiary/aromatic N) is 2. The van der Waals surface area contributed by atoms with Crippen LogP contribution in [0.1, 0.15) is 13.3 Å². The van der Waals surface area contributed by atoms with Crippen molar-refractivity contribution in [3.63, 3.8) is 0 Å². The second kappa shape index (κ2) is 6.72. The molecule has 0 spiro atoms. The van der Waals surface area contributed by atoms with Crippen molar-refractivity contribution in [2.75, 3.05) is 23.3 Å². The summed E-state index contributed by atoms with van der Waals surface area (Å²) in [5.41, 5.74) is 1.32. The molecule has 7 heteroatoms. The lowest BCUT2D eigenvalue weighted by molar-refractivity contribution is -0.126. The Bertz CT molecular complexity index is 633. The topological polar surface area (TPSA) is 102 Å².